The van der Waals surface area contributed by atoms with Gasteiger partial charge in [-0.05, 0) is 79.0 Å². The first-order valence-electron chi connectivity index (χ1n) is 11.1. The van der Waals surface area contributed by atoms with Gasteiger partial charge in [0.05, 0.1) is 17.6 Å². The maximum Gasteiger partial charge on any atom is 0.407 e. The quantitative estimate of drug-likeness (QED) is 0.340. The monoisotopic (exact) mass is 465 g/mol. The third-order valence-corrected chi connectivity index (χ3v) is 4.38. The number of amides is 2. The lowest BCUT2D eigenvalue weighted by atomic mass is 9.95. The largest absolute Gasteiger partial charge is 0.506 e. The highest BCUT2D eigenvalue weighted by atomic mass is 16.6. The first-order chi connectivity index (χ1) is 15.0. The summed E-state index contributed by atoms with van der Waals surface area (Å²) in [5, 5.41) is 15.5. The fourth-order valence-corrected chi connectivity index (χ4v) is 2.93. The van der Waals surface area contributed by atoms with Gasteiger partial charge in [-0.3, -0.25) is 9.59 Å². The van der Waals surface area contributed by atoms with Crippen LogP contribution in [-0.2, 0) is 25.5 Å². The van der Waals surface area contributed by atoms with Gasteiger partial charge < -0.3 is 30.9 Å². The molecule has 9 nitrogen and oxygen atoms in total. The second-order valence-corrected chi connectivity index (χ2v) is 10.3. The summed E-state index contributed by atoms with van der Waals surface area (Å²) in [6.45, 7) is 13.9. The molecule has 0 aromatic heterocycles. The topological polar surface area (TPSA) is 140 Å². The number of aromatic hydroxyl groups is 1. The van der Waals surface area contributed by atoms with E-state index in [0.717, 1.165) is 5.56 Å². The highest BCUT2D eigenvalue weighted by Crippen LogP contribution is 2.26. The molecule has 186 valence electrons. The van der Waals surface area contributed by atoms with Crippen molar-refractivity contribution in [2.45, 2.75) is 91.5 Å². The van der Waals surface area contributed by atoms with Crippen LogP contribution in [0.1, 0.15) is 67.4 Å². The number of phenolic OH excluding ortho intramolecular Hbond substituents is 1. The van der Waals surface area contributed by atoms with Crippen molar-refractivity contribution in [3.8, 4) is 5.75 Å². The average Bonchev–Trinajstić information content (AvgIpc) is 2.61. The van der Waals surface area contributed by atoms with Gasteiger partial charge in [-0.25, -0.2) is 4.79 Å². The van der Waals surface area contributed by atoms with Crippen molar-refractivity contribution in [3.05, 3.63) is 23.8 Å². The standard InChI is InChI=1S/C24H39N3O6/c1-14(21(30)32-23(3,4)5)11-17(26-22(31)33-24(6,7)8)12-16-9-10-19(28)18(13-16)27-20(29)15(2)25/h9-10,13-15,17,28H,11-12,25H2,1-8H3,(H,26,31)(H,27,29)/t14?,15?,17-/m1/s1. The van der Waals surface area contributed by atoms with Gasteiger partial charge in [-0.2, -0.15) is 0 Å². The van der Waals surface area contributed by atoms with Crippen LogP contribution < -0.4 is 16.4 Å². The zero-order chi connectivity index (χ0) is 25.6. The maximum atomic E-state index is 12.5. The number of nitrogens with two attached hydrogens (primary N) is 1. The van der Waals surface area contributed by atoms with Crippen molar-refractivity contribution < 1.29 is 29.0 Å². The lowest BCUT2D eigenvalue weighted by Gasteiger charge is -2.27. The Hall–Kier alpha value is -2.81. The fraction of sp³-hybridized carbons (Fsp3) is 0.625. The van der Waals surface area contributed by atoms with Crippen LogP contribution in [0.25, 0.3) is 0 Å². The minimum Gasteiger partial charge on any atom is -0.506 e. The van der Waals surface area contributed by atoms with Crippen LogP contribution in [0.15, 0.2) is 18.2 Å². The van der Waals surface area contributed by atoms with Crippen molar-refractivity contribution in [2.24, 2.45) is 11.7 Å². The van der Waals surface area contributed by atoms with E-state index in [1.165, 1.54) is 13.0 Å². The minimum absolute atomic E-state index is 0.105. The Kier molecular flexibility index (Phi) is 9.71. The van der Waals surface area contributed by atoms with Crippen molar-refractivity contribution in [1.29, 1.82) is 0 Å². The Balaban J connectivity index is 3.07. The number of carbonyl (C=O) groups is 3. The summed E-state index contributed by atoms with van der Waals surface area (Å²) in [7, 11) is 0. The number of hydrogen-bond acceptors (Lipinski definition) is 7. The number of benzene rings is 1. The number of nitrogens with one attached hydrogen (secondary N) is 2. The first-order valence-corrected chi connectivity index (χ1v) is 11.1. The van der Waals surface area contributed by atoms with Crippen LogP contribution in [0.3, 0.4) is 0 Å². The van der Waals surface area contributed by atoms with Gasteiger partial charge in [0.2, 0.25) is 5.91 Å². The van der Waals surface area contributed by atoms with Crippen molar-refractivity contribution >= 4 is 23.7 Å². The van der Waals surface area contributed by atoms with Gasteiger partial charge in [0.1, 0.15) is 17.0 Å². The molecule has 0 spiro atoms. The van der Waals surface area contributed by atoms with Gasteiger partial charge in [0.25, 0.3) is 0 Å². The molecule has 0 aliphatic heterocycles. The molecule has 33 heavy (non-hydrogen) atoms. The zero-order valence-corrected chi connectivity index (χ0v) is 20.9. The van der Waals surface area contributed by atoms with Gasteiger partial charge in [-0.15, -0.1) is 0 Å². The lowest BCUT2D eigenvalue weighted by Crippen LogP contribution is -2.42. The van der Waals surface area contributed by atoms with Crippen LogP contribution in [0.5, 0.6) is 5.75 Å². The van der Waals surface area contributed by atoms with E-state index in [0.29, 0.717) is 12.8 Å². The second-order valence-electron chi connectivity index (χ2n) is 10.3. The molecule has 0 aliphatic rings. The molecule has 0 heterocycles. The van der Waals surface area contributed by atoms with Crippen LogP contribution in [0.2, 0.25) is 0 Å². The van der Waals surface area contributed by atoms with Crippen LogP contribution in [0, 0.1) is 5.92 Å². The number of esters is 1. The molecule has 0 aliphatic carbocycles. The van der Waals surface area contributed by atoms with Gasteiger partial charge >= 0.3 is 12.1 Å². The third kappa shape index (κ3) is 11.1. The Labute approximate surface area is 196 Å². The van der Waals surface area contributed by atoms with Crippen molar-refractivity contribution in [3.63, 3.8) is 0 Å². The van der Waals surface area contributed by atoms with E-state index in [1.807, 2.05) is 0 Å². The summed E-state index contributed by atoms with van der Waals surface area (Å²) in [5.74, 6) is -1.40. The molecule has 2 unspecified atom stereocenters. The molecule has 0 saturated heterocycles. The Morgan fingerprint density at radius 2 is 1.61 bits per heavy atom. The van der Waals surface area contributed by atoms with E-state index in [9.17, 15) is 19.5 Å². The smallest absolute Gasteiger partial charge is 0.407 e. The Bertz CT molecular complexity index is 840. The number of carbonyl (C=O) groups excluding carboxylic acids is 3. The van der Waals surface area contributed by atoms with E-state index in [4.69, 9.17) is 15.2 Å². The van der Waals surface area contributed by atoms with Crippen LogP contribution >= 0.6 is 0 Å². The van der Waals surface area contributed by atoms with Crippen LogP contribution in [0.4, 0.5) is 10.5 Å². The minimum atomic E-state index is -0.746. The molecule has 5 N–H and O–H groups in total. The summed E-state index contributed by atoms with van der Waals surface area (Å²) >= 11 is 0. The van der Waals surface area contributed by atoms with E-state index >= 15 is 0 Å². The number of alkyl carbamates (subject to hydrolysis) is 1. The Morgan fingerprint density at radius 3 is 2.12 bits per heavy atom. The van der Waals surface area contributed by atoms with E-state index in [2.05, 4.69) is 10.6 Å². The van der Waals surface area contributed by atoms with Crippen molar-refractivity contribution in [1.82, 2.24) is 5.32 Å². The van der Waals surface area contributed by atoms with E-state index in [-0.39, 0.29) is 17.4 Å². The normalized spacial score (nSPS) is 14.6. The van der Waals surface area contributed by atoms with Gasteiger partial charge in [-0.1, -0.05) is 13.0 Å². The highest BCUT2D eigenvalue weighted by molar-refractivity contribution is 5.95. The molecule has 0 fully saturated rings. The predicted octanol–water partition coefficient (Wildman–Crippen LogP) is 3.48. The SMILES string of the molecule is CC(N)C(=O)Nc1cc(C[C@@H](CC(C)C(=O)OC(C)(C)C)NC(=O)OC(C)(C)C)ccc1O. The molecule has 0 saturated carbocycles. The summed E-state index contributed by atoms with van der Waals surface area (Å²) < 4.78 is 10.8. The van der Waals surface area contributed by atoms with Gasteiger partial charge in [0.15, 0.2) is 0 Å². The molecule has 9 heteroatoms. The third-order valence-electron chi connectivity index (χ3n) is 4.38. The summed E-state index contributed by atoms with van der Waals surface area (Å²) in [6, 6.07) is 3.53. The summed E-state index contributed by atoms with van der Waals surface area (Å²) in [6.07, 6.45) is 0.0257. The zero-order valence-electron chi connectivity index (χ0n) is 20.9. The second kappa shape index (κ2) is 11.4. The number of anilines is 1. The van der Waals surface area contributed by atoms with Crippen molar-refractivity contribution in [2.75, 3.05) is 5.32 Å². The van der Waals surface area contributed by atoms with Crippen LogP contribution in [-0.4, -0.2) is 46.4 Å². The molecular weight excluding hydrogens is 426 g/mol. The molecule has 1 aromatic carbocycles. The number of phenols is 1. The molecule has 1 rings (SSSR count). The summed E-state index contributed by atoms with van der Waals surface area (Å²) in [5.41, 5.74) is 5.23. The molecule has 1 aromatic rings. The average molecular weight is 466 g/mol. The fourth-order valence-electron chi connectivity index (χ4n) is 2.93. The Morgan fingerprint density at radius 1 is 1.03 bits per heavy atom. The lowest BCUT2D eigenvalue weighted by molar-refractivity contribution is -0.159. The number of rotatable bonds is 8. The predicted molar refractivity (Wildman–Crippen MR) is 127 cm³/mol. The number of ether oxygens (including phenoxy) is 2. The first kappa shape index (κ1) is 28.2. The van der Waals surface area contributed by atoms with E-state index < -0.39 is 41.2 Å². The highest BCUT2D eigenvalue weighted by Gasteiger charge is 2.27. The number of hydrogen-bond donors (Lipinski definition) is 4. The molecule has 2 amide bonds. The molecule has 3 atom stereocenters. The summed E-state index contributed by atoms with van der Waals surface area (Å²) in [4.78, 5) is 36.8. The molecule has 0 radical (unpaired) electrons. The van der Waals surface area contributed by atoms with Gasteiger partial charge in [0, 0.05) is 6.04 Å². The molecular formula is C24H39N3O6. The van der Waals surface area contributed by atoms with E-state index in [1.54, 1.807) is 60.6 Å². The maximum absolute atomic E-state index is 12.5. The molecule has 0 bridgehead atoms.